The number of H-pyrrole nitrogens is 1. The van der Waals surface area contributed by atoms with Crippen molar-refractivity contribution in [1.82, 2.24) is 15.2 Å². The van der Waals surface area contributed by atoms with Gasteiger partial charge in [0.05, 0.1) is 12.7 Å². The average Bonchev–Trinajstić information content (AvgIpc) is 3.30. The maximum absolute atomic E-state index is 13.4. The van der Waals surface area contributed by atoms with Crippen LogP contribution in [0, 0.1) is 0 Å². The van der Waals surface area contributed by atoms with Gasteiger partial charge < -0.3 is 19.9 Å². The number of aromatic nitrogens is 1. The van der Waals surface area contributed by atoms with Crippen LogP contribution in [0.5, 0.6) is 0 Å². The Balaban J connectivity index is 1.50. The number of nitrogens with one attached hydrogen (secondary N) is 2. The Bertz CT molecular complexity index is 1270. The first-order chi connectivity index (χ1) is 16.7. The van der Waals surface area contributed by atoms with Crippen molar-refractivity contribution in [2.24, 2.45) is 0 Å². The van der Waals surface area contributed by atoms with Gasteiger partial charge in [-0.25, -0.2) is 9.59 Å². The van der Waals surface area contributed by atoms with E-state index in [9.17, 15) is 22.8 Å². The molecule has 2 atom stereocenters. The Morgan fingerprint density at radius 2 is 1.83 bits per heavy atom. The standard InChI is InChI=1S/C26H26F3N3O3/c1-16(20-15-30-22-10-6-4-8-19(20)22)23(24(33)35-2)31-25(34)32-13-11-17(12-14-32)18-7-3-5-9-21(18)26(27,28)29/h3-11,15-16,23,30H,12-14H2,1-2H3,(H,31,34)/t16-,23+/m0/s1. The molecule has 1 aromatic heterocycles. The van der Waals surface area contributed by atoms with Gasteiger partial charge in [-0.15, -0.1) is 0 Å². The Hall–Kier alpha value is -3.75. The van der Waals surface area contributed by atoms with Crippen molar-refractivity contribution in [3.05, 3.63) is 77.5 Å². The zero-order chi connectivity index (χ0) is 25.2. The Morgan fingerprint density at radius 3 is 2.51 bits per heavy atom. The number of aromatic amines is 1. The second-order valence-electron chi connectivity index (χ2n) is 8.50. The van der Waals surface area contributed by atoms with Crippen molar-refractivity contribution in [3.8, 4) is 0 Å². The van der Waals surface area contributed by atoms with E-state index < -0.39 is 35.7 Å². The number of ether oxygens (including phenoxy) is 1. The van der Waals surface area contributed by atoms with Crippen LogP contribution in [0.25, 0.3) is 16.5 Å². The van der Waals surface area contributed by atoms with Crippen molar-refractivity contribution in [2.45, 2.75) is 31.5 Å². The number of hydrogen-bond donors (Lipinski definition) is 2. The molecule has 1 aliphatic heterocycles. The normalized spacial score (nSPS) is 15.9. The molecular formula is C26H26F3N3O3. The number of alkyl halides is 3. The second kappa shape index (κ2) is 9.85. The number of fused-ring (bicyclic) bond motifs is 1. The number of hydrogen-bond acceptors (Lipinski definition) is 3. The number of methoxy groups -OCH3 is 1. The van der Waals surface area contributed by atoms with Crippen LogP contribution in [0.2, 0.25) is 0 Å². The van der Waals surface area contributed by atoms with Gasteiger partial charge in [-0.3, -0.25) is 0 Å². The summed E-state index contributed by atoms with van der Waals surface area (Å²) in [6.45, 7) is 2.18. The zero-order valence-electron chi connectivity index (χ0n) is 19.4. The average molecular weight is 486 g/mol. The lowest BCUT2D eigenvalue weighted by atomic mass is 9.92. The summed E-state index contributed by atoms with van der Waals surface area (Å²) in [5.41, 5.74) is 1.75. The van der Waals surface area contributed by atoms with Crippen LogP contribution in [0.4, 0.5) is 18.0 Å². The molecule has 2 amide bonds. The number of para-hydroxylation sites is 1. The fourth-order valence-corrected chi connectivity index (χ4v) is 4.50. The third kappa shape index (κ3) is 5.03. The molecule has 0 radical (unpaired) electrons. The van der Waals surface area contributed by atoms with E-state index in [2.05, 4.69) is 10.3 Å². The minimum absolute atomic E-state index is 0.125. The number of carbonyl (C=O) groups excluding carboxylic acids is 2. The fourth-order valence-electron chi connectivity index (χ4n) is 4.50. The third-order valence-corrected chi connectivity index (χ3v) is 6.42. The Morgan fingerprint density at radius 1 is 1.11 bits per heavy atom. The van der Waals surface area contributed by atoms with Crippen molar-refractivity contribution in [2.75, 3.05) is 20.2 Å². The summed E-state index contributed by atoms with van der Waals surface area (Å²) in [5.74, 6) is -0.972. The molecule has 0 aliphatic carbocycles. The number of urea groups is 1. The SMILES string of the molecule is COC(=O)[C@H](NC(=O)N1CC=C(c2ccccc2C(F)(F)F)CC1)[C@@H](C)c1c[nH]c2ccccc12. The number of rotatable bonds is 5. The number of nitrogens with zero attached hydrogens (tertiary/aromatic N) is 1. The molecule has 2 N–H and O–H groups in total. The number of halogens is 3. The first-order valence-corrected chi connectivity index (χ1v) is 11.3. The quantitative estimate of drug-likeness (QED) is 0.480. The van der Waals surface area contributed by atoms with Crippen LogP contribution in [0.3, 0.4) is 0 Å². The van der Waals surface area contributed by atoms with Crippen molar-refractivity contribution < 1.29 is 27.5 Å². The number of benzene rings is 2. The molecule has 0 spiro atoms. The summed E-state index contributed by atoms with van der Waals surface area (Å²) in [6.07, 6.45) is -0.755. The number of carbonyl (C=O) groups is 2. The molecular weight excluding hydrogens is 459 g/mol. The second-order valence-corrected chi connectivity index (χ2v) is 8.50. The van der Waals surface area contributed by atoms with Gasteiger partial charge in [0, 0.05) is 36.1 Å². The molecule has 0 unspecified atom stereocenters. The highest BCUT2D eigenvalue weighted by molar-refractivity contribution is 5.88. The van der Waals surface area contributed by atoms with Gasteiger partial charge in [-0.05, 0) is 35.3 Å². The van der Waals surface area contributed by atoms with E-state index in [0.717, 1.165) is 22.5 Å². The third-order valence-electron chi connectivity index (χ3n) is 6.42. The molecule has 184 valence electrons. The lowest BCUT2D eigenvalue weighted by molar-refractivity contribution is -0.143. The molecule has 35 heavy (non-hydrogen) atoms. The smallest absolute Gasteiger partial charge is 0.416 e. The van der Waals surface area contributed by atoms with Crippen molar-refractivity contribution in [1.29, 1.82) is 0 Å². The molecule has 4 rings (SSSR count). The van der Waals surface area contributed by atoms with Gasteiger partial charge >= 0.3 is 18.2 Å². The highest BCUT2D eigenvalue weighted by atomic mass is 19.4. The molecule has 0 bridgehead atoms. The highest BCUT2D eigenvalue weighted by Gasteiger charge is 2.35. The lowest BCUT2D eigenvalue weighted by Crippen LogP contribution is -2.51. The van der Waals surface area contributed by atoms with Crippen LogP contribution in [-0.4, -0.2) is 48.1 Å². The van der Waals surface area contributed by atoms with Crippen LogP contribution in [0.1, 0.15) is 36.0 Å². The van der Waals surface area contributed by atoms with Gasteiger partial charge in [0.15, 0.2) is 0 Å². The van der Waals surface area contributed by atoms with E-state index >= 15 is 0 Å². The topological polar surface area (TPSA) is 74.4 Å². The summed E-state index contributed by atoms with van der Waals surface area (Å²) >= 11 is 0. The molecule has 3 aromatic rings. The molecule has 1 aliphatic rings. The van der Waals surface area contributed by atoms with E-state index in [-0.39, 0.29) is 25.1 Å². The summed E-state index contributed by atoms with van der Waals surface area (Å²) in [6, 6.07) is 11.7. The molecule has 0 saturated carbocycles. The summed E-state index contributed by atoms with van der Waals surface area (Å²) in [7, 11) is 1.26. The molecule has 0 saturated heterocycles. The molecule has 6 nitrogen and oxygen atoms in total. The van der Waals surface area contributed by atoms with Gasteiger partial charge in [0.25, 0.3) is 0 Å². The van der Waals surface area contributed by atoms with Crippen LogP contribution in [0.15, 0.2) is 60.8 Å². The number of amides is 2. The van der Waals surface area contributed by atoms with E-state index in [1.165, 1.54) is 24.1 Å². The van der Waals surface area contributed by atoms with E-state index in [4.69, 9.17) is 4.74 Å². The van der Waals surface area contributed by atoms with Gasteiger partial charge in [0.2, 0.25) is 0 Å². The first-order valence-electron chi connectivity index (χ1n) is 11.3. The first kappa shape index (κ1) is 24.4. The van der Waals surface area contributed by atoms with E-state index in [1.807, 2.05) is 37.4 Å². The highest BCUT2D eigenvalue weighted by Crippen LogP contribution is 2.36. The fraction of sp³-hybridized carbons (Fsp3) is 0.308. The summed E-state index contributed by atoms with van der Waals surface area (Å²) in [5, 5.41) is 3.71. The van der Waals surface area contributed by atoms with E-state index in [0.29, 0.717) is 5.57 Å². The predicted molar refractivity (Wildman–Crippen MR) is 127 cm³/mol. The predicted octanol–water partition coefficient (Wildman–Crippen LogP) is 5.33. The van der Waals surface area contributed by atoms with Crippen molar-refractivity contribution >= 4 is 28.5 Å². The molecule has 9 heteroatoms. The van der Waals surface area contributed by atoms with Crippen LogP contribution >= 0.6 is 0 Å². The van der Waals surface area contributed by atoms with Gasteiger partial charge in [-0.1, -0.05) is 49.4 Å². The minimum atomic E-state index is -4.46. The van der Waals surface area contributed by atoms with Crippen LogP contribution in [-0.2, 0) is 15.7 Å². The van der Waals surface area contributed by atoms with Crippen molar-refractivity contribution in [3.63, 3.8) is 0 Å². The molecule has 2 aromatic carbocycles. The molecule has 0 fully saturated rings. The zero-order valence-corrected chi connectivity index (χ0v) is 19.4. The Kier molecular flexibility index (Phi) is 6.86. The maximum Gasteiger partial charge on any atom is 0.416 e. The van der Waals surface area contributed by atoms with Gasteiger partial charge in [0.1, 0.15) is 6.04 Å². The largest absolute Gasteiger partial charge is 0.467 e. The maximum atomic E-state index is 13.4. The lowest BCUT2D eigenvalue weighted by Gasteiger charge is -2.30. The van der Waals surface area contributed by atoms with Crippen LogP contribution < -0.4 is 5.32 Å². The minimum Gasteiger partial charge on any atom is -0.467 e. The van der Waals surface area contributed by atoms with E-state index in [1.54, 1.807) is 12.1 Å². The van der Waals surface area contributed by atoms with Gasteiger partial charge in [-0.2, -0.15) is 13.2 Å². The number of esters is 1. The monoisotopic (exact) mass is 485 g/mol. The Labute approximate surface area is 200 Å². The summed E-state index contributed by atoms with van der Waals surface area (Å²) < 4.78 is 45.2. The molecule has 2 heterocycles. The summed E-state index contributed by atoms with van der Waals surface area (Å²) in [4.78, 5) is 30.3.